The lowest BCUT2D eigenvalue weighted by molar-refractivity contribution is -0.385. The summed E-state index contributed by atoms with van der Waals surface area (Å²) < 4.78 is 5.59. The van der Waals surface area contributed by atoms with Gasteiger partial charge >= 0.3 is 5.69 Å². The molecule has 0 spiro atoms. The Morgan fingerprint density at radius 2 is 2.05 bits per heavy atom. The molecule has 0 unspecified atom stereocenters. The molecule has 2 aromatic rings. The maximum absolute atomic E-state index is 11.0. The van der Waals surface area contributed by atoms with E-state index in [0.29, 0.717) is 10.8 Å². The lowest BCUT2D eigenvalue weighted by Gasteiger charge is -2.09. The molecule has 4 nitrogen and oxygen atoms in total. The third-order valence-electron chi connectivity index (χ3n) is 2.80. The molecule has 20 heavy (non-hydrogen) atoms. The summed E-state index contributed by atoms with van der Waals surface area (Å²) in [5.74, 6) is 0.672. The molecule has 2 rings (SSSR count). The van der Waals surface area contributed by atoms with E-state index in [4.69, 9.17) is 16.3 Å². The Hall–Kier alpha value is -1.59. The number of ether oxygens (including phenoxy) is 1. The Bertz CT molecular complexity index is 661. The highest BCUT2D eigenvalue weighted by atomic mass is 79.9. The van der Waals surface area contributed by atoms with Crippen LogP contribution in [0, 0.1) is 17.0 Å². The van der Waals surface area contributed by atoms with Crippen LogP contribution in [-0.4, -0.2) is 4.92 Å². The number of nitrogens with zero attached hydrogens (tertiary/aromatic N) is 1. The molecular formula is C14H11BrClNO3. The highest BCUT2D eigenvalue weighted by Crippen LogP contribution is 2.34. The number of benzene rings is 2. The number of alkyl halides is 1. The van der Waals surface area contributed by atoms with E-state index >= 15 is 0 Å². The number of nitro groups is 1. The van der Waals surface area contributed by atoms with E-state index in [0.717, 1.165) is 16.5 Å². The van der Waals surface area contributed by atoms with Gasteiger partial charge in [0.15, 0.2) is 0 Å². The number of hydrogen-bond donors (Lipinski definition) is 0. The first kappa shape index (κ1) is 14.8. The summed E-state index contributed by atoms with van der Waals surface area (Å²) >= 11 is 9.25. The maximum Gasteiger partial charge on any atom is 0.311 e. The van der Waals surface area contributed by atoms with Crippen LogP contribution in [0.3, 0.4) is 0 Å². The van der Waals surface area contributed by atoms with Crippen molar-refractivity contribution in [3.05, 3.63) is 62.7 Å². The van der Waals surface area contributed by atoms with Crippen molar-refractivity contribution in [3.8, 4) is 11.5 Å². The largest absolute Gasteiger partial charge is 0.450 e. The fourth-order valence-corrected chi connectivity index (χ4v) is 2.52. The zero-order valence-electron chi connectivity index (χ0n) is 10.6. The van der Waals surface area contributed by atoms with Crippen LogP contribution in [0.4, 0.5) is 5.69 Å². The smallest absolute Gasteiger partial charge is 0.311 e. The van der Waals surface area contributed by atoms with E-state index in [-0.39, 0.29) is 11.4 Å². The molecule has 0 radical (unpaired) electrons. The van der Waals surface area contributed by atoms with E-state index in [1.54, 1.807) is 6.07 Å². The van der Waals surface area contributed by atoms with E-state index in [1.165, 1.54) is 18.2 Å². The molecule has 0 aliphatic rings. The van der Waals surface area contributed by atoms with E-state index in [2.05, 4.69) is 15.9 Å². The van der Waals surface area contributed by atoms with Gasteiger partial charge in [-0.2, -0.15) is 0 Å². The molecule has 6 heteroatoms. The van der Waals surface area contributed by atoms with E-state index in [1.807, 2.05) is 19.1 Å². The zero-order chi connectivity index (χ0) is 14.7. The Morgan fingerprint density at radius 1 is 1.30 bits per heavy atom. The van der Waals surface area contributed by atoms with Gasteiger partial charge in [0.05, 0.1) is 4.92 Å². The minimum atomic E-state index is -0.495. The molecule has 0 aromatic heterocycles. The van der Waals surface area contributed by atoms with Crippen LogP contribution in [-0.2, 0) is 5.33 Å². The Labute approximate surface area is 129 Å². The van der Waals surface area contributed by atoms with Gasteiger partial charge in [-0.15, -0.1) is 0 Å². The normalized spacial score (nSPS) is 10.3. The SMILES string of the molecule is Cc1cc(Oc2cc(Cl)ccc2[N+](=O)[O-])ccc1CBr. The summed E-state index contributed by atoms with van der Waals surface area (Å²) in [6, 6.07) is 9.75. The van der Waals surface area contributed by atoms with E-state index in [9.17, 15) is 10.1 Å². The Balaban J connectivity index is 2.36. The van der Waals surface area contributed by atoms with Crippen molar-refractivity contribution in [1.29, 1.82) is 0 Å². The molecule has 0 saturated heterocycles. The maximum atomic E-state index is 11.0. The van der Waals surface area contributed by atoms with Crippen molar-refractivity contribution in [2.24, 2.45) is 0 Å². The molecule has 0 bridgehead atoms. The molecule has 0 amide bonds. The molecule has 104 valence electrons. The van der Waals surface area contributed by atoms with Crippen LogP contribution in [0.25, 0.3) is 0 Å². The summed E-state index contributed by atoms with van der Waals surface area (Å²) in [6.45, 7) is 1.95. The summed E-state index contributed by atoms with van der Waals surface area (Å²) in [5, 5.41) is 12.1. The molecule has 0 heterocycles. The van der Waals surface area contributed by atoms with Gasteiger partial charge < -0.3 is 4.74 Å². The van der Waals surface area contributed by atoms with Crippen LogP contribution in [0.5, 0.6) is 11.5 Å². The van der Waals surface area contributed by atoms with Crippen LogP contribution >= 0.6 is 27.5 Å². The average Bonchev–Trinajstić information content (AvgIpc) is 2.38. The third kappa shape index (κ3) is 3.29. The zero-order valence-corrected chi connectivity index (χ0v) is 12.9. The first-order chi connectivity index (χ1) is 9.51. The molecule has 0 aliphatic heterocycles. The number of rotatable bonds is 4. The van der Waals surface area contributed by atoms with Crippen LogP contribution < -0.4 is 4.74 Å². The molecule has 0 saturated carbocycles. The minimum absolute atomic E-state index is 0.114. The van der Waals surface area contributed by atoms with Crippen LogP contribution in [0.2, 0.25) is 5.02 Å². The molecule has 2 aromatic carbocycles. The number of hydrogen-bond acceptors (Lipinski definition) is 3. The lowest BCUT2D eigenvalue weighted by atomic mass is 10.1. The highest BCUT2D eigenvalue weighted by molar-refractivity contribution is 9.08. The monoisotopic (exact) mass is 355 g/mol. The molecule has 0 atom stereocenters. The van der Waals surface area contributed by atoms with Gasteiger partial charge in [0.25, 0.3) is 0 Å². The lowest BCUT2D eigenvalue weighted by Crippen LogP contribution is -1.94. The summed E-state index contributed by atoms with van der Waals surface area (Å²) in [5.41, 5.74) is 2.07. The van der Waals surface area contributed by atoms with Crippen molar-refractivity contribution in [3.63, 3.8) is 0 Å². The van der Waals surface area contributed by atoms with Crippen LogP contribution in [0.1, 0.15) is 11.1 Å². The second-order valence-electron chi connectivity index (χ2n) is 4.19. The second kappa shape index (κ2) is 6.24. The minimum Gasteiger partial charge on any atom is -0.450 e. The molecular weight excluding hydrogens is 346 g/mol. The topological polar surface area (TPSA) is 52.4 Å². The van der Waals surface area contributed by atoms with Gasteiger partial charge in [-0.3, -0.25) is 10.1 Å². The molecule has 0 aliphatic carbocycles. The van der Waals surface area contributed by atoms with Gasteiger partial charge in [-0.25, -0.2) is 0 Å². The molecule has 0 N–H and O–H groups in total. The van der Waals surface area contributed by atoms with Gasteiger partial charge in [0.1, 0.15) is 5.75 Å². The second-order valence-corrected chi connectivity index (χ2v) is 5.19. The van der Waals surface area contributed by atoms with Gasteiger partial charge in [-0.1, -0.05) is 33.6 Å². The summed E-state index contributed by atoms with van der Waals surface area (Å²) in [4.78, 5) is 10.5. The molecule has 0 fully saturated rings. The fraction of sp³-hybridized carbons (Fsp3) is 0.143. The predicted molar refractivity (Wildman–Crippen MR) is 82.0 cm³/mol. The van der Waals surface area contributed by atoms with Crippen molar-refractivity contribution in [2.45, 2.75) is 12.3 Å². The first-order valence-electron chi connectivity index (χ1n) is 5.78. The Kier molecular flexibility index (Phi) is 4.62. The van der Waals surface area contributed by atoms with Crippen LogP contribution in [0.15, 0.2) is 36.4 Å². The third-order valence-corrected chi connectivity index (χ3v) is 3.64. The number of nitro benzene ring substituents is 1. The van der Waals surface area contributed by atoms with E-state index < -0.39 is 4.92 Å². The summed E-state index contributed by atoms with van der Waals surface area (Å²) in [7, 11) is 0. The van der Waals surface area contributed by atoms with Gasteiger partial charge in [0, 0.05) is 22.5 Å². The fourth-order valence-electron chi connectivity index (χ4n) is 1.73. The van der Waals surface area contributed by atoms with Gasteiger partial charge in [-0.05, 0) is 36.2 Å². The van der Waals surface area contributed by atoms with Crippen molar-refractivity contribution >= 4 is 33.2 Å². The van der Waals surface area contributed by atoms with Gasteiger partial charge in [0.2, 0.25) is 5.75 Å². The quantitative estimate of drug-likeness (QED) is 0.427. The first-order valence-corrected chi connectivity index (χ1v) is 7.28. The average molecular weight is 357 g/mol. The van der Waals surface area contributed by atoms with Crippen molar-refractivity contribution in [2.75, 3.05) is 0 Å². The summed E-state index contributed by atoms with van der Waals surface area (Å²) in [6.07, 6.45) is 0. The number of halogens is 2. The number of aryl methyl sites for hydroxylation is 1. The highest BCUT2D eigenvalue weighted by Gasteiger charge is 2.16. The standard InChI is InChI=1S/C14H11BrClNO3/c1-9-6-12(4-2-10(9)8-15)20-14-7-11(16)3-5-13(14)17(18)19/h2-7H,8H2,1H3. The van der Waals surface area contributed by atoms with Crippen molar-refractivity contribution in [1.82, 2.24) is 0 Å². The Morgan fingerprint density at radius 3 is 2.65 bits per heavy atom. The predicted octanol–water partition coefficient (Wildman–Crippen LogP) is 5.24. The van der Waals surface area contributed by atoms with Crippen molar-refractivity contribution < 1.29 is 9.66 Å².